The van der Waals surface area contributed by atoms with Gasteiger partial charge in [-0.2, -0.15) is 4.31 Å². The molecule has 7 nitrogen and oxygen atoms in total. The predicted octanol–water partition coefficient (Wildman–Crippen LogP) is 2.72. The van der Waals surface area contributed by atoms with Crippen molar-refractivity contribution < 1.29 is 17.9 Å². The third-order valence-corrected chi connectivity index (χ3v) is 6.48. The maximum Gasteiger partial charge on any atom is 0.243 e. The molecule has 0 saturated carbocycles. The van der Waals surface area contributed by atoms with E-state index in [1.165, 1.54) is 16.4 Å². The molecule has 28 heavy (non-hydrogen) atoms. The third kappa shape index (κ3) is 5.02. The zero-order chi connectivity index (χ0) is 20.1. The lowest BCUT2D eigenvalue weighted by molar-refractivity contribution is -0.114. The second-order valence-electron chi connectivity index (χ2n) is 6.41. The van der Waals surface area contributed by atoms with E-state index in [1.54, 1.807) is 24.3 Å². The number of aryl methyl sites for hydroxylation is 1. The summed E-state index contributed by atoms with van der Waals surface area (Å²) in [5, 5.41) is 6.40. The standard InChI is InChI=1S/C19H22ClN3O4S/c1-14-11-15(20)5-6-18(14)21-13-19(24)22-16-3-2-4-17(12-16)28(25,26)23-7-9-27-10-8-23/h2-6,11-12,21H,7-10,13H2,1H3,(H,22,24). The molecule has 2 N–H and O–H groups in total. The first kappa shape index (κ1) is 20.6. The number of morpholine rings is 1. The summed E-state index contributed by atoms with van der Waals surface area (Å²) in [5.41, 5.74) is 2.16. The van der Waals surface area contributed by atoms with Gasteiger partial charge in [-0.15, -0.1) is 0 Å². The maximum absolute atomic E-state index is 12.7. The third-order valence-electron chi connectivity index (χ3n) is 4.35. The Balaban J connectivity index is 1.64. The molecule has 3 rings (SSSR count). The van der Waals surface area contributed by atoms with Gasteiger partial charge in [0.15, 0.2) is 0 Å². The molecule has 0 unspecified atom stereocenters. The SMILES string of the molecule is Cc1cc(Cl)ccc1NCC(=O)Nc1cccc(S(=O)(=O)N2CCOCC2)c1. The summed E-state index contributed by atoms with van der Waals surface area (Å²) in [4.78, 5) is 12.4. The fourth-order valence-corrected chi connectivity index (χ4v) is 4.56. The fourth-order valence-electron chi connectivity index (χ4n) is 2.88. The molecule has 150 valence electrons. The van der Waals surface area contributed by atoms with Crippen molar-refractivity contribution in [3.05, 3.63) is 53.1 Å². The zero-order valence-corrected chi connectivity index (χ0v) is 17.0. The molecule has 2 aromatic rings. The number of ether oxygens (including phenoxy) is 1. The molecule has 1 saturated heterocycles. The van der Waals surface area contributed by atoms with Crippen LogP contribution in [0.5, 0.6) is 0 Å². The van der Waals surface area contributed by atoms with E-state index in [9.17, 15) is 13.2 Å². The van der Waals surface area contributed by atoms with Crippen LogP contribution in [0, 0.1) is 6.92 Å². The van der Waals surface area contributed by atoms with E-state index in [4.69, 9.17) is 16.3 Å². The Labute approximate surface area is 169 Å². The number of halogens is 1. The van der Waals surface area contributed by atoms with Gasteiger partial charge in [0.2, 0.25) is 15.9 Å². The summed E-state index contributed by atoms with van der Waals surface area (Å²) in [6.07, 6.45) is 0. The number of hydrogen-bond donors (Lipinski definition) is 2. The smallest absolute Gasteiger partial charge is 0.243 e. The zero-order valence-electron chi connectivity index (χ0n) is 15.4. The van der Waals surface area contributed by atoms with Crippen molar-refractivity contribution in [2.75, 3.05) is 43.5 Å². The first-order valence-electron chi connectivity index (χ1n) is 8.84. The summed E-state index contributed by atoms with van der Waals surface area (Å²) < 4.78 is 32.1. The van der Waals surface area contributed by atoms with Crippen molar-refractivity contribution in [3.8, 4) is 0 Å². The molecular formula is C19H22ClN3O4S. The van der Waals surface area contributed by atoms with Crippen LogP contribution in [0.2, 0.25) is 5.02 Å². The van der Waals surface area contributed by atoms with Crippen molar-refractivity contribution in [1.29, 1.82) is 0 Å². The van der Waals surface area contributed by atoms with Gasteiger partial charge in [-0.05, 0) is 48.9 Å². The van der Waals surface area contributed by atoms with Crippen molar-refractivity contribution in [3.63, 3.8) is 0 Å². The number of rotatable bonds is 6. The molecule has 1 aliphatic rings. The van der Waals surface area contributed by atoms with Crippen LogP contribution in [0.4, 0.5) is 11.4 Å². The highest BCUT2D eigenvalue weighted by Crippen LogP contribution is 2.21. The summed E-state index contributed by atoms with van der Waals surface area (Å²) in [5.74, 6) is -0.282. The van der Waals surface area contributed by atoms with E-state index in [0.29, 0.717) is 37.0 Å². The second kappa shape index (κ2) is 8.91. The molecule has 0 aliphatic carbocycles. The Morgan fingerprint density at radius 2 is 1.93 bits per heavy atom. The molecule has 1 fully saturated rings. The Morgan fingerprint density at radius 3 is 2.64 bits per heavy atom. The van der Waals surface area contributed by atoms with Gasteiger partial charge in [-0.1, -0.05) is 17.7 Å². The largest absolute Gasteiger partial charge is 0.379 e. The molecule has 0 radical (unpaired) electrons. The number of carbonyl (C=O) groups excluding carboxylic acids is 1. The van der Waals surface area contributed by atoms with Crippen LogP contribution in [0.15, 0.2) is 47.4 Å². The second-order valence-corrected chi connectivity index (χ2v) is 8.78. The van der Waals surface area contributed by atoms with E-state index in [2.05, 4.69) is 10.6 Å². The number of sulfonamides is 1. The summed E-state index contributed by atoms with van der Waals surface area (Å²) >= 11 is 5.93. The molecule has 9 heteroatoms. The number of carbonyl (C=O) groups is 1. The molecule has 0 atom stereocenters. The van der Waals surface area contributed by atoms with Crippen LogP contribution >= 0.6 is 11.6 Å². The molecule has 1 heterocycles. The lowest BCUT2D eigenvalue weighted by atomic mass is 10.2. The molecule has 0 bridgehead atoms. The lowest BCUT2D eigenvalue weighted by Crippen LogP contribution is -2.40. The number of amides is 1. The number of anilines is 2. The van der Waals surface area contributed by atoms with Gasteiger partial charge >= 0.3 is 0 Å². The van der Waals surface area contributed by atoms with E-state index in [0.717, 1.165) is 11.3 Å². The summed E-state index contributed by atoms with van der Waals surface area (Å²) in [6, 6.07) is 11.6. The lowest BCUT2D eigenvalue weighted by Gasteiger charge is -2.26. The van der Waals surface area contributed by atoms with Crippen LogP contribution in [0.3, 0.4) is 0 Å². The first-order valence-corrected chi connectivity index (χ1v) is 10.7. The highest BCUT2D eigenvalue weighted by Gasteiger charge is 2.26. The van der Waals surface area contributed by atoms with Crippen molar-refractivity contribution >= 4 is 38.9 Å². The number of benzene rings is 2. The van der Waals surface area contributed by atoms with E-state index in [1.807, 2.05) is 13.0 Å². The highest BCUT2D eigenvalue weighted by atomic mass is 35.5. The molecule has 1 amide bonds. The first-order chi connectivity index (χ1) is 13.4. The monoisotopic (exact) mass is 423 g/mol. The molecule has 2 aromatic carbocycles. The predicted molar refractivity (Wildman–Crippen MR) is 109 cm³/mol. The average Bonchev–Trinajstić information content (AvgIpc) is 2.68. The van der Waals surface area contributed by atoms with Crippen molar-refractivity contribution in [1.82, 2.24) is 4.31 Å². The van der Waals surface area contributed by atoms with Crippen LogP contribution in [-0.2, 0) is 19.6 Å². The number of hydrogen-bond acceptors (Lipinski definition) is 5. The molecule has 0 spiro atoms. The Hall–Kier alpha value is -2.13. The number of nitrogens with one attached hydrogen (secondary N) is 2. The summed E-state index contributed by atoms with van der Waals surface area (Å²) in [7, 11) is -3.61. The van der Waals surface area contributed by atoms with Gasteiger partial charge in [0, 0.05) is 29.5 Å². The minimum absolute atomic E-state index is 0.0446. The minimum atomic E-state index is -3.61. The Kier molecular flexibility index (Phi) is 6.56. The summed E-state index contributed by atoms with van der Waals surface area (Å²) in [6.45, 7) is 3.35. The van der Waals surface area contributed by atoms with Gasteiger partial charge in [0.05, 0.1) is 24.7 Å². The molecular weight excluding hydrogens is 402 g/mol. The van der Waals surface area contributed by atoms with Crippen LogP contribution < -0.4 is 10.6 Å². The Morgan fingerprint density at radius 1 is 1.18 bits per heavy atom. The fraction of sp³-hybridized carbons (Fsp3) is 0.316. The van der Waals surface area contributed by atoms with Gasteiger partial charge in [0.25, 0.3) is 0 Å². The maximum atomic E-state index is 12.7. The normalized spacial score (nSPS) is 15.2. The van der Waals surface area contributed by atoms with Gasteiger partial charge < -0.3 is 15.4 Å². The Bertz CT molecular complexity index is 959. The molecule has 0 aromatic heterocycles. The highest BCUT2D eigenvalue weighted by molar-refractivity contribution is 7.89. The van der Waals surface area contributed by atoms with Crippen LogP contribution in [0.25, 0.3) is 0 Å². The quantitative estimate of drug-likeness (QED) is 0.745. The average molecular weight is 424 g/mol. The van der Waals surface area contributed by atoms with Crippen LogP contribution in [-0.4, -0.2) is 51.5 Å². The van der Waals surface area contributed by atoms with Gasteiger partial charge in [-0.3, -0.25) is 4.79 Å². The van der Waals surface area contributed by atoms with Gasteiger partial charge in [0.1, 0.15) is 0 Å². The van der Waals surface area contributed by atoms with Crippen LogP contribution in [0.1, 0.15) is 5.56 Å². The van der Waals surface area contributed by atoms with Gasteiger partial charge in [-0.25, -0.2) is 8.42 Å². The van der Waals surface area contributed by atoms with E-state index >= 15 is 0 Å². The topological polar surface area (TPSA) is 87.7 Å². The minimum Gasteiger partial charge on any atom is -0.379 e. The number of nitrogens with zero attached hydrogens (tertiary/aromatic N) is 1. The van der Waals surface area contributed by atoms with Crippen molar-refractivity contribution in [2.45, 2.75) is 11.8 Å². The molecule has 1 aliphatic heterocycles. The van der Waals surface area contributed by atoms with E-state index < -0.39 is 10.0 Å². The van der Waals surface area contributed by atoms with Crippen molar-refractivity contribution in [2.24, 2.45) is 0 Å². The van der Waals surface area contributed by atoms with E-state index in [-0.39, 0.29) is 17.3 Å².